The van der Waals surface area contributed by atoms with Gasteiger partial charge in [0, 0.05) is 6.54 Å². The summed E-state index contributed by atoms with van der Waals surface area (Å²) >= 11 is 0. The first kappa shape index (κ1) is 17.2. The van der Waals surface area contributed by atoms with E-state index >= 15 is 0 Å². The molecule has 0 aromatic heterocycles. The molecule has 1 fully saturated rings. The molecule has 4 heteroatoms. The maximum Gasteiger partial charge on any atom is 0.243 e. The van der Waals surface area contributed by atoms with Crippen LogP contribution in [0.5, 0.6) is 0 Å². The highest BCUT2D eigenvalue weighted by Gasteiger charge is 2.52. The van der Waals surface area contributed by atoms with E-state index in [1.54, 1.807) is 16.4 Å². The van der Waals surface area contributed by atoms with Gasteiger partial charge in [0.25, 0.3) is 0 Å². The molecule has 1 aliphatic rings. The summed E-state index contributed by atoms with van der Waals surface area (Å²) in [6.45, 7) is 8.80. The molecule has 0 amide bonds. The molecule has 0 saturated carbocycles. The molecule has 1 atom stereocenters. The third kappa shape index (κ3) is 2.89. The number of hydrogen-bond donors (Lipinski definition) is 0. The van der Waals surface area contributed by atoms with Crippen LogP contribution in [0.4, 0.5) is 0 Å². The van der Waals surface area contributed by atoms with E-state index in [9.17, 15) is 8.42 Å². The van der Waals surface area contributed by atoms with Gasteiger partial charge in [-0.15, -0.1) is 0 Å². The minimum Gasteiger partial charge on any atom is -0.207 e. The molecule has 0 spiro atoms. The van der Waals surface area contributed by atoms with E-state index in [1.807, 2.05) is 56.3 Å². The van der Waals surface area contributed by atoms with E-state index in [0.717, 1.165) is 17.5 Å². The van der Waals surface area contributed by atoms with Crippen LogP contribution in [0.1, 0.15) is 38.3 Å². The lowest BCUT2D eigenvalue weighted by molar-refractivity contribution is 0.269. The van der Waals surface area contributed by atoms with Crippen LogP contribution >= 0.6 is 0 Å². The molecular formula is C20H25NO2S. The van der Waals surface area contributed by atoms with Gasteiger partial charge in [0.05, 0.1) is 10.4 Å². The van der Waals surface area contributed by atoms with Crippen molar-refractivity contribution in [2.24, 2.45) is 5.41 Å². The lowest BCUT2D eigenvalue weighted by Gasteiger charge is -2.35. The molecule has 3 rings (SSSR count). The van der Waals surface area contributed by atoms with E-state index in [1.165, 1.54) is 0 Å². The summed E-state index contributed by atoms with van der Waals surface area (Å²) < 4.78 is 28.4. The van der Waals surface area contributed by atoms with E-state index < -0.39 is 15.6 Å². The van der Waals surface area contributed by atoms with Gasteiger partial charge in [0.2, 0.25) is 10.0 Å². The Kier molecular flexibility index (Phi) is 4.09. The Morgan fingerprint density at radius 3 is 2.08 bits per heavy atom. The van der Waals surface area contributed by atoms with Gasteiger partial charge >= 0.3 is 0 Å². The summed E-state index contributed by atoms with van der Waals surface area (Å²) in [7, 11) is -3.55. The molecule has 2 aromatic rings. The molecular weight excluding hydrogens is 318 g/mol. The first-order valence-electron chi connectivity index (χ1n) is 8.30. The molecule has 1 unspecified atom stereocenters. The molecule has 2 aromatic carbocycles. The average Bonchev–Trinajstić information content (AvgIpc) is 2.80. The highest BCUT2D eigenvalue weighted by atomic mass is 32.2. The van der Waals surface area contributed by atoms with Gasteiger partial charge in [0.15, 0.2) is 0 Å². The van der Waals surface area contributed by atoms with E-state index in [2.05, 4.69) is 13.8 Å². The van der Waals surface area contributed by atoms with Gasteiger partial charge in [-0.25, -0.2) is 8.42 Å². The minimum atomic E-state index is -3.55. The van der Waals surface area contributed by atoms with Gasteiger partial charge in [-0.3, -0.25) is 0 Å². The highest BCUT2D eigenvalue weighted by Crippen LogP contribution is 2.49. The van der Waals surface area contributed by atoms with Crippen molar-refractivity contribution in [2.45, 2.75) is 44.6 Å². The summed E-state index contributed by atoms with van der Waals surface area (Å²) in [4.78, 5) is 0.368. The van der Waals surface area contributed by atoms with Crippen molar-refractivity contribution in [1.82, 2.24) is 4.31 Å². The smallest absolute Gasteiger partial charge is 0.207 e. The standard InChI is InChI=1S/C20H25NO2S/c1-16-10-12-18(13-11-16)24(22,23)21-15-19(2,3)14-20(21,4)17-8-6-5-7-9-17/h5-13H,14-15H2,1-4H3. The summed E-state index contributed by atoms with van der Waals surface area (Å²) in [6.07, 6.45) is 0.801. The Morgan fingerprint density at radius 2 is 1.50 bits per heavy atom. The van der Waals surface area contributed by atoms with Crippen LogP contribution in [0.2, 0.25) is 0 Å². The molecule has 0 radical (unpaired) electrons. The molecule has 1 heterocycles. The number of nitrogens with zero attached hydrogens (tertiary/aromatic N) is 1. The second kappa shape index (κ2) is 5.71. The van der Waals surface area contributed by atoms with E-state index in [4.69, 9.17) is 0 Å². The van der Waals surface area contributed by atoms with Crippen molar-refractivity contribution in [3.8, 4) is 0 Å². The van der Waals surface area contributed by atoms with Crippen molar-refractivity contribution in [2.75, 3.05) is 6.54 Å². The number of hydrogen-bond acceptors (Lipinski definition) is 2. The lowest BCUT2D eigenvalue weighted by Crippen LogP contribution is -2.42. The van der Waals surface area contributed by atoms with Crippen molar-refractivity contribution >= 4 is 10.0 Å². The Morgan fingerprint density at radius 1 is 0.917 bits per heavy atom. The van der Waals surface area contributed by atoms with E-state index in [-0.39, 0.29) is 5.41 Å². The van der Waals surface area contributed by atoms with Crippen molar-refractivity contribution in [1.29, 1.82) is 0 Å². The summed E-state index contributed by atoms with van der Waals surface area (Å²) in [5.74, 6) is 0. The van der Waals surface area contributed by atoms with Crippen LogP contribution in [0.15, 0.2) is 59.5 Å². The van der Waals surface area contributed by atoms with Crippen LogP contribution in [-0.4, -0.2) is 19.3 Å². The zero-order valence-corrected chi connectivity index (χ0v) is 15.6. The normalized spacial score (nSPS) is 24.2. The van der Waals surface area contributed by atoms with Crippen LogP contribution in [0.3, 0.4) is 0 Å². The topological polar surface area (TPSA) is 37.4 Å². The van der Waals surface area contributed by atoms with Crippen LogP contribution in [0.25, 0.3) is 0 Å². The predicted molar refractivity (Wildman–Crippen MR) is 97.3 cm³/mol. The first-order chi connectivity index (χ1) is 11.2. The predicted octanol–water partition coefficient (Wildman–Crippen LogP) is 4.33. The second-order valence-corrected chi connectivity index (χ2v) is 9.67. The maximum absolute atomic E-state index is 13.3. The van der Waals surface area contributed by atoms with Crippen LogP contribution in [0, 0.1) is 12.3 Å². The molecule has 128 valence electrons. The second-order valence-electron chi connectivity index (χ2n) is 7.81. The number of rotatable bonds is 3. The van der Waals surface area contributed by atoms with Gasteiger partial charge in [-0.1, -0.05) is 61.9 Å². The van der Waals surface area contributed by atoms with E-state index in [0.29, 0.717) is 11.4 Å². The summed E-state index contributed by atoms with van der Waals surface area (Å²) in [6, 6.07) is 17.1. The third-order valence-corrected chi connectivity index (χ3v) is 6.93. The molecule has 3 nitrogen and oxygen atoms in total. The molecule has 0 bridgehead atoms. The zero-order chi connectivity index (χ0) is 17.6. The fourth-order valence-corrected chi connectivity index (χ4v) is 5.82. The maximum atomic E-state index is 13.3. The average molecular weight is 343 g/mol. The summed E-state index contributed by atoms with van der Waals surface area (Å²) in [5.41, 5.74) is 1.50. The van der Waals surface area contributed by atoms with Gasteiger partial charge in [-0.2, -0.15) is 4.31 Å². The Balaban J connectivity index is 2.11. The summed E-state index contributed by atoms with van der Waals surface area (Å²) in [5, 5.41) is 0. The molecule has 1 saturated heterocycles. The highest BCUT2D eigenvalue weighted by molar-refractivity contribution is 7.89. The van der Waals surface area contributed by atoms with Gasteiger partial charge in [-0.05, 0) is 43.4 Å². The quantitative estimate of drug-likeness (QED) is 0.832. The van der Waals surface area contributed by atoms with Gasteiger partial charge < -0.3 is 0 Å². The lowest BCUT2D eigenvalue weighted by atomic mass is 9.81. The SMILES string of the molecule is Cc1ccc(S(=O)(=O)N2CC(C)(C)CC2(C)c2ccccc2)cc1. The van der Waals surface area contributed by atoms with Crippen LogP contribution in [-0.2, 0) is 15.6 Å². The first-order valence-corrected chi connectivity index (χ1v) is 9.74. The van der Waals surface area contributed by atoms with Crippen LogP contribution < -0.4 is 0 Å². The molecule has 1 aliphatic heterocycles. The molecule has 0 N–H and O–H groups in total. The number of sulfonamides is 1. The van der Waals surface area contributed by atoms with Crippen molar-refractivity contribution in [3.63, 3.8) is 0 Å². The monoisotopic (exact) mass is 343 g/mol. The Labute approximate surface area is 145 Å². The fourth-order valence-electron chi connectivity index (χ4n) is 3.87. The molecule has 0 aliphatic carbocycles. The van der Waals surface area contributed by atoms with Gasteiger partial charge in [0.1, 0.15) is 0 Å². The zero-order valence-electron chi connectivity index (χ0n) is 14.8. The number of aryl methyl sites for hydroxylation is 1. The Bertz CT molecular complexity index is 826. The largest absolute Gasteiger partial charge is 0.243 e. The van der Waals surface area contributed by atoms with Crippen molar-refractivity contribution in [3.05, 3.63) is 65.7 Å². The van der Waals surface area contributed by atoms with Crippen molar-refractivity contribution < 1.29 is 8.42 Å². The third-order valence-electron chi connectivity index (χ3n) is 4.95. The molecule has 24 heavy (non-hydrogen) atoms. The fraction of sp³-hybridized carbons (Fsp3) is 0.400. The Hall–Kier alpha value is -1.65. The minimum absolute atomic E-state index is 0.0671. The number of benzene rings is 2.